The normalized spacial score (nSPS) is 11.1. The largest absolute Gasteiger partial charge is 0.369 e. The molecule has 4 nitrogen and oxygen atoms in total. The predicted octanol–water partition coefficient (Wildman–Crippen LogP) is 2.51. The molecule has 2 aromatic heterocycles. The number of benzene rings is 1. The molecule has 0 aliphatic heterocycles. The van der Waals surface area contributed by atoms with Crippen molar-refractivity contribution in [1.82, 2.24) is 14.5 Å². The summed E-state index contributed by atoms with van der Waals surface area (Å²) in [6.07, 6.45) is 1.70. The van der Waals surface area contributed by atoms with Gasteiger partial charge in [0.15, 0.2) is 5.65 Å². The number of imidazole rings is 1. The van der Waals surface area contributed by atoms with Gasteiger partial charge in [-0.05, 0) is 24.6 Å². The monoisotopic (exact) mass is 256 g/mol. The van der Waals surface area contributed by atoms with Gasteiger partial charge in [-0.1, -0.05) is 18.2 Å². The van der Waals surface area contributed by atoms with Gasteiger partial charge in [0.05, 0.1) is 6.54 Å². The van der Waals surface area contributed by atoms with Gasteiger partial charge >= 0.3 is 0 Å². The molecule has 0 unspecified atom stereocenters. The molecule has 0 fully saturated rings. The van der Waals surface area contributed by atoms with Crippen LogP contribution >= 0.6 is 0 Å². The highest BCUT2D eigenvalue weighted by Gasteiger charge is 2.12. The van der Waals surface area contributed by atoms with Gasteiger partial charge in [-0.15, -0.1) is 0 Å². The van der Waals surface area contributed by atoms with Crippen LogP contribution in [0.5, 0.6) is 0 Å². The molecule has 0 amide bonds. The van der Waals surface area contributed by atoms with Crippen LogP contribution in [-0.4, -0.2) is 14.5 Å². The fraction of sp³-hybridized carbons (Fsp3) is 0.143. The number of nitrogens with two attached hydrogens (primary N) is 1. The topological polar surface area (TPSA) is 56.7 Å². The summed E-state index contributed by atoms with van der Waals surface area (Å²) in [6.45, 7) is 2.27. The summed E-state index contributed by atoms with van der Waals surface area (Å²) in [7, 11) is 0. The maximum absolute atomic E-state index is 13.7. The second-order valence-corrected chi connectivity index (χ2v) is 4.45. The Morgan fingerprint density at radius 1 is 1.26 bits per heavy atom. The number of aromatic nitrogens is 3. The minimum atomic E-state index is -0.253. The molecule has 1 aromatic carbocycles. The van der Waals surface area contributed by atoms with Gasteiger partial charge < -0.3 is 5.73 Å². The van der Waals surface area contributed by atoms with Crippen molar-refractivity contribution in [2.45, 2.75) is 13.5 Å². The molecular weight excluding hydrogens is 243 g/mol. The van der Waals surface area contributed by atoms with E-state index in [-0.39, 0.29) is 5.82 Å². The third-order valence-corrected chi connectivity index (χ3v) is 3.15. The van der Waals surface area contributed by atoms with E-state index in [9.17, 15) is 4.39 Å². The van der Waals surface area contributed by atoms with Crippen molar-refractivity contribution in [3.05, 3.63) is 53.5 Å². The molecule has 0 atom stereocenters. The number of hydrogen-bond acceptors (Lipinski definition) is 3. The fourth-order valence-electron chi connectivity index (χ4n) is 2.11. The van der Waals surface area contributed by atoms with Crippen LogP contribution in [0, 0.1) is 12.7 Å². The van der Waals surface area contributed by atoms with E-state index < -0.39 is 0 Å². The minimum absolute atomic E-state index is 0.253. The summed E-state index contributed by atoms with van der Waals surface area (Å²) in [5.74, 6) is 0.0939. The average molecular weight is 256 g/mol. The minimum Gasteiger partial charge on any atom is -0.369 e. The second kappa shape index (κ2) is 4.35. The summed E-state index contributed by atoms with van der Waals surface area (Å²) >= 11 is 0. The van der Waals surface area contributed by atoms with E-state index in [1.165, 1.54) is 6.07 Å². The highest BCUT2D eigenvalue weighted by atomic mass is 19.1. The van der Waals surface area contributed by atoms with Crippen LogP contribution in [0.1, 0.15) is 11.1 Å². The third-order valence-electron chi connectivity index (χ3n) is 3.15. The molecule has 3 aromatic rings. The van der Waals surface area contributed by atoms with E-state index in [4.69, 9.17) is 5.73 Å². The van der Waals surface area contributed by atoms with Crippen molar-refractivity contribution in [1.29, 1.82) is 0 Å². The Hall–Kier alpha value is -2.43. The standard InChI is InChI=1S/C14H13FN4/c1-9-6-7-17-13-12(9)18-14(16)19(13)8-10-4-2-3-5-11(10)15/h2-7H,8H2,1H3,(H2,16,18). The number of nitrogens with zero attached hydrogens (tertiary/aromatic N) is 3. The molecule has 19 heavy (non-hydrogen) atoms. The van der Waals surface area contributed by atoms with E-state index in [0.717, 1.165) is 11.1 Å². The molecule has 0 saturated carbocycles. The quantitative estimate of drug-likeness (QED) is 0.766. The molecule has 0 spiro atoms. The number of anilines is 1. The van der Waals surface area contributed by atoms with Crippen molar-refractivity contribution < 1.29 is 4.39 Å². The van der Waals surface area contributed by atoms with E-state index >= 15 is 0 Å². The lowest BCUT2D eigenvalue weighted by Crippen LogP contribution is -2.06. The molecule has 0 aliphatic rings. The number of aryl methyl sites for hydroxylation is 1. The van der Waals surface area contributed by atoms with Crippen LogP contribution in [-0.2, 0) is 6.54 Å². The fourth-order valence-corrected chi connectivity index (χ4v) is 2.11. The Labute approximate surface area is 109 Å². The first-order valence-electron chi connectivity index (χ1n) is 5.97. The number of fused-ring (bicyclic) bond motifs is 1. The Kier molecular flexibility index (Phi) is 2.67. The zero-order valence-corrected chi connectivity index (χ0v) is 10.5. The lowest BCUT2D eigenvalue weighted by molar-refractivity contribution is 0.602. The molecule has 5 heteroatoms. The molecule has 96 valence electrons. The number of halogens is 1. The Morgan fingerprint density at radius 3 is 2.84 bits per heavy atom. The van der Waals surface area contributed by atoms with Crippen LogP contribution in [0.4, 0.5) is 10.3 Å². The first kappa shape index (κ1) is 11.6. The summed E-state index contributed by atoms with van der Waals surface area (Å²) in [4.78, 5) is 8.58. The lowest BCUT2D eigenvalue weighted by atomic mass is 10.2. The maximum atomic E-state index is 13.7. The summed E-state index contributed by atoms with van der Waals surface area (Å²) < 4.78 is 15.4. The Balaban J connectivity index is 2.13. The molecule has 2 N–H and O–H groups in total. The highest BCUT2D eigenvalue weighted by Crippen LogP contribution is 2.20. The van der Waals surface area contributed by atoms with Gasteiger partial charge in [-0.25, -0.2) is 14.4 Å². The van der Waals surface area contributed by atoms with Crippen LogP contribution in [0.3, 0.4) is 0 Å². The van der Waals surface area contributed by atoms with Crippen molar-refractivity contribution in [2.24, 2.45) is 0 Å². The molecule has 2 heterocycles. The van der Waals surface area contributed by atoms with Gasteiger partial charge in [0.25, 0.3) is 0 Å². The third kappa shape index (κ3) is 1.93. The summed E-state index contributed by atoms with van der Waals surface area (Å²) in [5, 5.41) is 0. The molecule has 0 bridgehead atoms. The number of rotatable bonds is 2. The van der Waals surface area contributed by atoms with Crippen LogP contribution < -0.4 is 5.73 Å². The lowest BCUT2D eigenvalue weighted by Gasteiger charge is -2.07. The SMILES string of the molecule is Cc1ccnc2c1nc(N)n2Cc1ccccc1F. The molecule has 0 saturated heterocycles. The maximum Gasteiger partial charge on any atom is 0.202 e. The van der Waals surface area contributed by atoms with Crippen molar-refractivity contribution in [3.63, 3.8) is 0 Å². The number of nitrogen functional groups attached to an aromatic ring is 1. The zero-order valence-electron chi connectivity index (χ0n) is 10.5. The van der Waals surface area contributed by atoms with Crippen LogP contribution in [0.15, 0.2) is 36.5 Å². The molecule has 3 rings (SSSR count). The van der Waals surface area contributed by atoms with Crippen LogP contribution in [0.25, 0.3) is 11.2 Å². The summed E-state index contributed by atoms with van der Waals surface area (Å²) in [5.41, 5.74) is 8.92. The summed E-state index contributed by atoms with van der Waals surface area (Å²) in [6, 6.07) is 8.50. The van der Waals surface area contributed by atoms with E-state index in [2.05, 4.69) is 9.97 Å². The van der Waals surface area contributed by atoms with Gasteiger partial charge in [-0.2, -0.15) is 0 Å². The van der Waals surface area contributed by atoms with Crippen LogP contribution in [0.2, 0.25) is 0 Å². The predicted molar refractivity (Wildman–Crippen MR) is 72.2 cm³/mol. The molecule has 0 aliphatic carbocycles. The zero-order chi connectivity index (χ0) is 13.4. The first-order chi connectivity index (χ1) is 9.16. The van der Waals surface area contributed by atoms with Gasteiger partial charge in [-0.3, -0.25) is 4.57 Å². The first-order valence-corrected chi connectivity index (χ1v) is 5.97. The second-order valence-electron chi connectivity index (χ2n) is 4.45. The number of pyridine rings is 1. The van der Waals surface area contributed by atoms with E-state index in [1.54, 1.807) is 29.0 Å². The van der Waals surface area contributed by atoms with Crippen molar-refractivity contribution >= 4 is 17.1 Å². The highest BCUT2D eigenvalue weighted by molar-refractivity contribution is 5.77. The van der Waals surface area contributed by atoms with E-state index in [0.29, 0.717) is 23.7 Å². The van der Waals surface area contributed by atoms with Gasteiger partial charge in [0.2, 0.25) is 5.95 Å². The number of hydrogen-bond donors (Lipinski definition) is 1. The average Bonchev–Trinajstić information content (AvgIpc) is 2.71. The van der Waals surface area contributed by atoms with Gasteiger partial charge in [0.1, 0.15) is 11.3 Å². The van der Waals surface area contributed by atoms with Crippen molar-refractivity contribution in [3.8, 4) is 0 Å². The molecule has 0 radical (unpaired) electrons. The van der Waals surface area contributed by atoms with Crippen molar-refractivity contribution in [2.75, 3.05) is 5.73 Å². The Bertz CT molecular complexity index is 748. The van der Waals surface area contributed by atoms with Gasteiger partial charge in [0, 0.05) is 11.8 Å². The Morgan fingerprint density at radius 2 is 2.05 bits per heavy atom. The molecular formula is C14H13FN4. The smallest absolute Gasteiger partial charge is 0.202 e. The van der Waals surface area contributed by atoms with E-state index in [1.807, 2.05) is 13.0 Å².